The third kappa shape index (κ3) is 6.03. The SMILES string of the molecule is Cc1ccc(C(=O)NCCc2cccs2)c(C2CCN(C(=O)C(C)Oc3ccccc3)CC2)n1. The lowest BCUT2D eigenvalue weighted by Gasteiger charge is -2.34. The molecule has 0 radical (unpaired) electrons. The number of para-hydroxylation sites is 1. The van der Waals surface area contributed by atoms with Crippen LogP contribution in [0.2, 0.25) is 0 Å². The Hall–Kier alpha value is -3.19. The van der Waals surface area contributed by atoms with E-state index in [4.69, 9.17) is 9.72 Å². The first-order valence-electron chi connectivity index (χ1n) is 11.8. The molecule has 3 heterocycles. The van der Waals surface area contributed by atoms with E-state index in [0.29, 0.717) is 30.9 Å². The van der Waals surface area contributed by atoms with Crippen LogP contribution in [0.3, 0.4) is 0 Å². The minimum Gasteiger partial charge on any atom is -0.481 e. The van der Waals surface area contributed by atoms with Gasteiger partial charge in [0.15, 0.2) is 6.10 Å². The minimum atomic E-state index is -0.541. The van der Waals surface area contributed by atoms with Gasteiger partial charge < -0.3 is 15.0 Å². The molecule has 4 rings (SSSR count). The Morgan fingerprint density at radius 2 is 1.88 bits per heavy atom. The summed E-state index contributed by atoms with van der Waals surface area (Å²) >= 11 is 1.70. The zero-order valence-corrected chi connectivity index (χ0v) is 20.5. The molecule has 0 spiro atoms. The summed E-state index contributed by atoms with van der Waals surface area (Å²) in [6.45, 7) is 5.59. The average Bonchev–Trinajstić information content (AvgIpc) is 3.38. The molecule has 1 aliphatic heterocycles. The Morgan fingerprint density at radius 3 is 2.59 bits per heavy atom. The first-order chi connectivity index (χ1) is 16.5. The number of aryl methyl sites for hydroxylation is 1. The molecule has 6 nitrogen and oxygen atoms in total. The van der Waals surface area contributed by atoms with E-state index in [1.165, 1.54) is 4.88 Å². The minimum absolute atomic E-state index is 0.00829. The van der Waals surface area contributed by atoms with Gasteiger partial charge in [0.1, 0.15) is 5.75 Å². The molecule has 3 aromatic rings. The number of nitrogens with one attached hydrogen (secondary N) is 1. The smallest absolute Gasteiger partial charge is 0.263 e. The Morgan fingerprint density at radius 1 is 1.12 bits per heavy atom. The number of hydrogen-bond acceptors (Lipinski definition) is 5. The fraction of sp³-hybridized carbons (Fsp3) is 0.370. The van der Waals surface area contributed by atoms with Crippen molar-refractivity contribution in [1.29, 1.82) is 0 Å². The maximum Gasteiger partial charge on any atom is 0.263 e. The molecule has 2 amide bonds. The van der Waals surface area contributed by atoms with Gasteiger partial charge in [-0.15, -0.1) is 11.3 Å². The van der Waals surface area contributed by atoms with E-state index < -0.39 is 6.10 Å². The summed E-state index contributed by atoms with van der Waals surface area (Å²) in [4.78, 5) is 33.7. The number of ether oxygens (including phenoxy) is 1. The maximum atomic E-state index is 13.0. The molecule has 1 atom stereocenters. The molecule has 34 heavy (non-hydrogen) atoms. The van der Waals surface area contributed by atoms with Crippen molar-refractivity contribution >= 4 is 23.2 Å². The van der Waals surface area contributed by atoms with Crippen molar-refractivity contribution in [3.05, 3.63) is 81.8 Å². The number of amides is 2. The molecule has 1 unspecified atom stereocenters. The fourth-order valence-corrected chi connectivity index (χ4v) is 5.02. The molecule has 1 saturated heterocycles. The van der Waals surface area contributed by atoms with Crippen molar-refractivity contribution in [1.82, 2.24) is 15.2 Å². The molecule has 7 heteroatoms. The van der Waals surface area contributed by atoms with Crippen molar-refractivity contribution in [3.8, 4) is 5.75 Å². The van der Waals surface area contributed by atoms with Crippen LogP contribution in [0.25, 0.3) is 0 Å². The first-order valence-corrected chi connectivity index (χ1v) is 12.7. The summed E-state index contributed by atoms with van der Waals surface area (Å²) in [6.07, 6.45) is 1.83. The second-order valence-corrected chi connectivity index (χ2v) is 9.68. The number of piperidine rings is 1. The number of hydrogen-bond donors (Lipinski definition) is 1. The van der Waals surface area contributed by atoms with E-state index in [1.807, 2.05) is 65.7 Å². The highest BCUT2D eigenvalue weighted by molar-refractivity contribution is 7.09. The van der Waals surface area contributed by atoms with Crippen LogP contribution in [0, 0.1) is 6.92 Å². The molecule has 1 aliphatic rings. The van der Waals surface area contributed by atoms with Crippen LogP contribution >= 0.6 is 11.3 Å². The standard InChI is InChI=1S/C27H31N3O3S/c1-19-10-11-24(26(31)28-15-12-23-9-6-18-34-23)25(29-19)21-13-16-30(17-14-21)27(32)20(2)33-22-7-4-3-5-8-22/h3-11,18,20-21H,12-17H2,1-2H3,(H,28,31). The predicted octanol–water partition coefficient (Wildman–Crippen LogP) is 4.60. The highest BCUT2D eigenvalue weighted by Gasteiger charge is 2.30. The zero-order chi connectivity index (χ0) is 23.9. The molecule has 0 bridgehead atoms. The number of carbonyl (C=O) groups excluding carboxylic acids is 2. The van der Waals surface area contributed by atoms with Crippen molar-refractivity contribution in [2.24, 2.45) is 0 Å². The van der Waals surface area contributed by atoms with Crippen molar-refractivity contribution < 1.29 is 14.3 Å². The lowest BCUT2D eigenvalue weighted by Crippen LogP contribution is -2.44. The Labute approximate surface area is 205 Å². The van der Waals surface area contributed by atoms with Crippen LogP contribution in [0.1, 0.15) is 52.3 Å². The number of aromatic nitrogens is 1. The molecule has 2 aromatic heterocycles. The summed E-state index contributed by atoms with van der Waals surface area (Å²) in [6, 6.07) is 17.3. The molecular weight excluding hydrogens is 446 g/mol. The first kappa shape index (κ1) is 24.0. The number of rotatable bonds is 8. The van der Waals surface area contributed by atoms with Crippen LogP contribution in [-0.4, -0.2) is 47.4 Å². The number of nitrogens with zero attached hydrogens (tertiary/aromatic N) is 2. The number of carbonyl (C=O) groups is 2. The van der Waals surface area contributed by atoms with Gasteiger partial charge in [-0.05, 0) is 68.8 Å². The molecule has 0 aliphatic carbocycles. The van der Waals surface area contributed by atoms with Crippen LogP contribution in [0.15, 0.2) is 60.0 Å². The highest BCUT2D eigenvalue weighted by Crippen LogP contribution is 2.30. The monoisotopic (exact) mass is 477 g/mol. The average molecular weight is 478 g/mol. The van der Waals surface area contributed by atoms with Gasteiger partial charge in [0.2, 0.25) is 0 Å². The van der Waals surface area contributed by atoms with E-state index >= 15 is 0 Å². The van der Waals surface area contributed by atoms with E-state index in [0.717, 1.165) is 30.7 Å². The number of pyridine rings is 1. The molecular formula is C27H31N3O3S. The largest absolute Gasteiger partial charge is 0.481 e. The van der Waals surface area contributed by atoms with E-state index in [-0.39, 0.29) is 17.7 Å². The van der Waals surface area contributed by atoms with Gasteiger partial charge in [-0.1, -0.05) is 24.3 Å². The Balaban J connectivity index is 1.35. The second kappa shape index (κ2) is 11.3. The number of benzene rings is 1. The predicted molar refractivity (Wildman–Crippen MR) is 134 cm³/mol. The zero-order valence-electron chi connectivity index (χ0n) is 19.7. The Kier molecular flexibility index (Phi) is 7.95. The third-order valence-corrected chi connectivity index (χ3v) is 7.08. The van der Waals surface area contributed by atoms with Gasteiger partial charge in [0.25, 0.3) is 11.8 Å². The van der Waals surface area contributed by atoms with E-state index in [2.05, 4.69) is 11.4 Å². The normalized spacial score (nSPS) is 15.1. The van der Waals surface area contributed by atoms with Gasteiger partial charge >= 0.3 is 0 Å². The molecule has 0 saturated carbocycles. The van der Waals surface area contributed by atoms with E-state index in [9.17, 15) is 9.59 Å². The second-order valence-electron chi connectivity index (χ2n) is 8.64. The Bertz CT molecular complexity index is 1090. The number of likely N-dealkylation sites (tertiary alicyclic amines) is 1. The summed E-state index contributed by atoms with van der Waals surface area (Å²) in [5, 5.41) is 5.09. The lowest BCUT2D eigenvalue weighted by atomic mass is 9.89. The summed E-state index contributed by atoms with van der Waals surface area (Å²) < 4.78 is 5.82. The third-order valence-electron chi connectivity index (χ3n) is 6.14. The maximum absolute atomic E-state index is 13.0. The molecule has 1 aromatic carbocycles. The van der Waals surface area contributed by atoms with Gasteiger partial charge in [-0.25, -0.2) is 0 Å². The summed E-state index contributed by atoms with van der Waals surface area (Å²) in [5.74, 6) is 0.748. The van der Waals surface area contributed by atoms with Crippen molar-refractivity contribution in [2.45, 2.75) is 45.1 Å². The topological polar surface area (TPSA) is 71.5 Å². The van der Waals surface area contributed by atoms with Crippen molar-refractivity contribution in [3.63, 3.8) is 0 Å². The van der Waals surface area contributed by atoms with Crippen LogP contribution in [0.4, 0.5) is 0 Å². The van der Waals surface area contributed by atoms with Gasteiger partial charge in [-0.3, -0.25) is 14.6 Å². The quantitative estimate of drug-likeness (QED) is 0.515. The van der Waals surface area contributed by atoms with Crippen LogP contribution < -0.4 is 10.1 Å². The van der Waals surface area contributed by atoms with Gasteiger partial charge in [0, 0.05) is 36.1 Å². The van der Waals surface area contributed by atoms with Gasteiger partial charge in [0.05, 0.1) is 11.3 Å². The van der Waals surface area contributed by atoms with Gasteiger partial charge in [-0.2, -0.15) is 0 Å². The highest BCUT2D eigenvalue weighted by atomic mass is 32.1. The summed E-state index contributed by atoms with van der Waals surface area (Å²) in [7, 11) is 0. The number of thiophene rings is 1. The summed E-state index contributed by atoms with van der Waals surface area (Å²) in [5.41, 5.74) is 2.38. The molecule has 1 fully saturated rings. The van der Waals surface area contributed by atoms with Crippen molar-refractivity contribution in [2.75, 3.05) is 19.6 Å². The molecule has 178 valence electrons. The fourth-order valence-electron chi connectivity index (χ4n) is 4.31. The lowest BCUT2D eigenvalue weighted by molar-refractivity contribution is -0.139. The molecule has 1 N–H and O–H groups in total. The van der Waals surface area contributed by atoms with Crippen LogP contribution in [0.5, 0.6) is 5.75 Å². The van der Waals surface area contributed by atoms with Crippen LogP contribution in [-0.2, 0) is 11.2 Å². The van der Waals surface area contributed by atoms with E-state index in [1.54, 1.807) is 18.3 Å².